The number of benzene rings is 1. The molecule has 0 fully saturated rings. The predicted octanol–water partition coefficient (Wildman–Crippen LogP) is 2.96. The monoisotopic (exact) mass is 325 g/mol. The molecular weight excluding hydrogens is 302 g/mol. The molecule has 1 aromatic carbocycles. The Kier molecular flexibility index (Phi) is 4.99. The molecule has 2 aromatic rings. The molecule has 0 saturated carbocycles. The summed E-state index contributed by atoms with van der Waals surface area (Å²) in [7, 11) is 1.79. The number of nitrogens with one attached hydrogen (secondary N) is 1. The van der Waals surface area contributed by atoms with Gasteiger partial charge in [0.1, 0.15) is 5.75 Å². The van der Waals surface area contributed by atoms with Gasteiger partial charge >= 0.3 is 6.03 Å². The third kappa shape index (κ3) is 3.67. The van der Waals surface area contributed by atoms with Crippen LogP contribution in [0, 0.1) is 0 Å². The maximum absolute atomic E-state index is 12.3. The van der Waals surface area contributed by atoms with E-state index in [1.165, 1.54) is 11.1 Å². The highest BCUT2D eigenvalue weighted by Crippen LogP contribution is 2.25. The molecule has 0 bridgehead atoms. The molecule has 0 unspecified atom stereocenters. The summed E-state index contributed by atoms with van der Waals surface area (Å²) in [6, 6.07) is 11.8. The van der Waals surface area contributed by atoms with E-state index >= 15 is 0 Å². The van der Waals surface area contributed by atoms with Gasteiger partial charge in [-0.2, -0.15) is 0 Å². The van der Waals surface area contributed by atoms with Gasteiger partial charge in [0.15, 0.2) is 0 Å². The van der Waals surface area contributed by atoms with Crippen molar-refractivity contribution >= 4 is 6.03 Å². The van der Waals surface area contributed by atoms with Crippen LogP contribution in [0.25, 0.3) is 0 Å². The molecule has 5 nitrogen and oxygen atoms in total. The lowest BCUT2D eigenvalue weighted by molar-refractivity contribution is 0.193. The van der Waals surface area contributed by atoms with E-state index in [0.717, 1.165) is 30.9 Å². The zero-order valence-electron chi connectivity index (χ0n) is 14.2. The second kappa shape index (κ2) is 7.34. The minimum absolute atomic E-state index is 0.0663. The molecule has 1 aliphatic heterocycles. The van der Waals surface area contributed by atoms with Crippen molar-refractivity contribution in [3.63, 3.8) is 0 Å². The van der Waals surface area contributed by atoms with Crippen LogP contribution in [0.1, 0.15) is 29.8 Å². The molecular formula is C19H23N3O2. The SMILES string of the molecule is C[C@@H](c1ccccn1)N(C)C(=O)NCCc1ccc2c(c1)CCO2. The second-order valence-corrected chi connectivity index (χ2v) is 6.06. The summed E-state index contributed by atoms with van der Waals surface area (Å²) in [6.45, 7) is 3.35. The van der Waals surface area contributed by atoms with Crippen LogP contribution in [-0.4, -0.2) is 36.1 Å². The number of urea groups is 1. The van der Waals surface area contributed by atoms with Gasteiger partial charge in [0.05, 0.1) is 18.3 Å². The number of nitrogens with zero attached hydrogens (tertiary/aromatic N) is 2. The van der Waals surface area contributed by atoms with E-state index in [2.05, 4.69) is 22.4 Å². The first-order valence-electron chi connectivity index (χ1n) is 8.31. The van der Waals surface area contributed by atoms with Crippen molar-refractivity contribution in [2.75, 3.05) is 20.2 Å². The van der Waals surface area contributed by atoms with E-state index in [1.54, 1.807) is 18.1 Å². The fourth-order valence-corrected chi connectivity index (χ4v) is 2.83. The third-order valence-corrected chi connectivity index (χ3v) is 4.46. The first kappa shape index (κ1) is 16.3. The summed E-state index contributed by atoms with van der Waals surface area (Å²) >= 11 is 0. The molecule has 126 valence electrons. The van der Waals surface area contributed by atoms with Crippen molar-refractivity contribution in [1.29, 1.82) is 0 Å². The number of aromatic nitrogens is 1. The van der Waals surface area contributed by atoms with Crippen LogP contribution in [0.3, 0.4) is 0 Å². The second-order valence-electron chi connectivity index (χ2n) is 6.06. The van der Waals surface area contributed by atoms with Crippen LogP contribution >= 0.6 is 0 Å². The maximum Gasteiger partial charge on any atom is 0.317 e. The lowest BCUT2D eigenvalue weighted by Crippen LogP contribution is -2.39. The van der Waals surface area contributed by atoms with Gasteiger partial charge in [-0.05, 0) is 42.7 Å². The summed E-state index contributed by atoms with van der Waals surface area (Å²) in [6.07, 6.45) is 3.53. The number of hydrogen-bond acceptors (Lipinski definition) is 3. The summed E-state index contributed by atoms with van der Waals surface area (Å²) in [5.74, 6) is 0.992. The number of fused-ring (bicyclic) bond motifs is 1. The summed E-state index contributed by atoms with van der Waals surface area (Å²) in [5, 5.41) is 2.98. The maximum atomic E-state index is 12.3. The topological polar surface area (TPSA) is 54.5 Å². The Morgan fingerprint density at radius 2 is 2.25 bits per heavy atom. The first-order chi connectivity index (χ1) is 11.6. The van der Waals surface area contributed by atoms with E-state index in [4.69, 9.17) is 4.74 Å². The quantitative estimate of drug-likeness (QED) is 0.919. The van der Waals surface area contributed by atoms with Crippen LogP contribution in [0.2, 0.25) is 0 Å². The van der Waals surface area contributed by atoms with Crippen LogP contribution in [0.5, 0.6) is 5.75 Å². The normalized spacial score (nSPS) is 13.8. The van der Waals surface area contributed by atoms with E-state index in [1.807, 2.05) is 31.2 Å². The summed E-state index contributed by atoms with van der Waals surface area (Å²) in [5.41, 5.74) is 3.37. The number of rotatable bonds is 5. The largest absolute Gasteiger partial charge is 0.493 e. The van der Waals surface area contributed by atoms with Crippen molar-refractivity contribution in [2.24, 2.45) is 0 Å². The van der Waals surface area contributed by atoms with Crippen molar-refractivity contribution in [1.82, 2.24) is 15.2 Å². The Bertz CT molecular complexity index is 703. The Hall–Kier alpha value is -2.56. The molecule has 5 heteroatoms. The van der Waals surface area contributed by atoms with Crippen LogP contribution in [0.15, 0.2) is 42.6 Å². The number of amides is 2. The Morgan fingerprint density at radius 1 is 1.38 bits per heavy atom. The lowest BCUT2D eigenvalue weighted by atomic mass is 10.1. The Labute approximate surface area is 142 Å². The summed E-state index contributed by atoms with van der Waals surface area (Å²) < 4.78 is 5.51. The highest BCUT2D eigenvalue weighted by atomic mass is 16.5. The van der Waals surface area contributed by atoms with Gasteiger partial charge < -0.3 is 15.0 Å². The van der Waals surface area contributed by atoms with Gasteiger partial charge in [-0.3, -0.25) is 4.98 Å². The van der Waals surface area contributed by atoms with Crippen molar-refractivity contribution in [2.45, 2.75) is 25.8 Å². The highest BCUT2D eigenvalue weighted by Gasteiger charge is 2.18. The Balaban J connectivity index is 1.50. The average Bonchev–Trinajstić information content (AvgIpc) is 3.09. The number of carbonyl (C=O) groups excluding carboxylic acids is 1. The molecule has 0 radical (unpaired) electrons. The van der Waals surface area contributed by atoms with E-state index in [9.17, 15) is 4.79 Å². The molecule has 1 atom stereocenters. The van der Waals surface area contributed by atoms with Crippen LogP contribution in [0.4, 0.5) is 4.79 Å². The first-order valence-corrected chi connectivity index (χ1v) is 8.31. The molecule has 1 N–H and O–H groups in total. The zero-order valence-corrected chi connectivity index (χ0v) is 14.2. The molecule has 1 aromatic heterocycles. The number of carbonyl (C=O) groups is 1. The molecule has 3 rings (SSSR count). The van der Waals surface area contributed by atoms with Crippen molar-refractivity contribution < 1.29 is 9.53 Å². The number of pyridine rings is 1. The lowest BCUT2D eigenvalue weighted by Gasteiger charge is -2.24. The molecule has 2 amide bonds. The molecule has 0 saturated heterocycles. The van der Waals surface area contributed by atoms with Gasteiger partial charge in [-0.25, -0.2) is 4.79 Å². The van der Waals surface area contributed by atoms with Gasteiger partial charge in [0, 0.05) is 26.2 Å². The molecule has 24 heavy (non-hydrogen) atoms. The minimum atomic E-state index is -0.0855. The minimum Gasteiger partial charge on any atom is -0.493 e. The third-order valence-electron chi connectivity index (χ3n) is 4.46. The smallest absolute Gasteiger partial charge is 0.317 e. The highest BCUT2D eigenvalue weighted by molar-refractivity contribution is 5.74. The zero-order chi connectivity index (χ0) is 16.9. The van der Waals surface area contributed by atoms with E-state index < -0.39 is 0 Å². The fraction of sp³-hybridized carbons (Fsp3) is 0.368. The Morgan fingerprint density at radius 3 is 3.04 bits per heavy atom. The average molecular weight is 325 g/mol. The van der Waals surface area contributed by atoms with E-state index in [0.29, 0.717) is 6.54 Å². The molecule has 2 heterocycles. The van der Waals surface area contributed by atoms with Crippen LogP contribution in [-0.2, 0) is 12.8 Å². The van der Waals surface area contributed by atoms with Gasteiger partial charge in [-0.15, -0.1) is 0 Å². The molecule has 0 aliphatic carbocycles. The van der Waals surface area contributed by atoms with E-state index in [-0.39, 0.29) is 12.1 Å². The predicted molar refractivity (Wildman–Crippen MR) is 93.2 cm³/mol. The van der Waals surface area contributed by atoms with Gasteiger partial charge in [-0.1, -0.05) is 18.2 Å². The van der Waals surface area contributed by atoms with Gasteiger partial charge in [0.2, 0.25) is 0 Å². The fourth-order valence-electron chi connectivity index (χ4n) is 2.83. The van der Waals surface area contributed by atoms with Crippen LogP contribution < -0.4 is 10.1 Å². The van der Waals surface area contributed by atoms with Crippen molar-refractivity contribution in [3.8, 4) is 5.75 Å². The molecule has 1 aliphatic rings. The van der Waals surface area contributed by atoms with Crippen molar-refractivity contribution in [3.05, 3.63) is 59.4 Å². The van der Waals surface area contributed by atoms with Gasteiger partial charge in [0.25, 0.3) is 0 Å². The summed E-state index contributed by atoms with van der Waals surface area (Å²) in [4.78, 5) is 18.3. The molecule has 0 spiro atoms. The number of ether oxygens (including phenoxy) is 1. The standard InChI is InChI=1S/C19H23N3O2/c1-14(17-5-3-4-10-20-17)22(2)19(23)21-11-8-15-6-7-18-16(13-15)9-12-24-18/h3-7,10,13-14H,8-9,11-12H2,1-2H3,(H,21,23)/t14-/m0/s1. The number of hydrogen-bond donors (Lipinski definition) is 1.